The Kier molecular flexibility index (Phi) is 4.52. The highest BCUT2D eigenvalue weighted by atomic mass is 35.5. The summed E-state index contributed by atoms with van der Waals surface area (Å²) in [5.74, 6) is 1.77. The molecule has 0 saturated carbocycles. The first kappa shape index (κ1) is 13.8. The molecule has 1 atom stereocenters. The van der Waals surface area contributed by atoms with Crippen LogP contribution in [0.4, 0.5) is 11.9 Å². The summed E-state index contributed by atoms with van der Waals surface area (Å²) in [6.07, 6.45) is 4.69. The van der Waals surface area contributed by atoms with Gasteiger partial charge in [-0.05, 0) is 43.2 Å². The Morgan fingerprint density at radius 1 is 1.20 bits per heavy atom. The predicted molar refractivity (Wildman–Crippen MR) is 78.3 cm³/mol. The van der Waals surface area contributed by atoms with Crippen LogP contribution in [-0.2, 0) is 4.74 Å². The van der Waals surface area contributed by atoms with Gasteiger partial charge in [-0.25, -0.2) is 0 Å². The molecule has 2 fully saturated rings. The Hall–Kier alpha value is -1.14. The number of rotatable bonds is 4. The van der Waals surface area contributed by atoms with E-state index in [1.807, 2.05) is 0 Å². The van der Waals surface area contributed by atoms with E-state index in [2.05, 4.69) is 25.2 Å². The van der Waals surface area contributed by atoms with Crippen LogP contribution in [0.15, 0.2) is 0 Å². The van der Waals surface area contributed by atoms with E-state index in [1.54, 1.807) is 0 Å². The van der Waals surface area contributed by atoms with Gasteiger partial charge in [0.05, 0.1) is 6.61 Å². The van der Waals surface area contributed by atoms with E-state index in [4.69, 9.17) is 16.3 Å². The summed E-state index contributed by atoms with van der Waals surface area (Å²) in [7, 11) is 0. The highest BCUT2D eigenvalue weighted by Crippen LogP contribution is 2.19. The number of halogens is 1. The zero-order chi connectivity index (χ0) is 13.8. The van der Waals surface area contributed by atoms with Crippen molar-refractivity contribution in [2.24, 2.45) is 5.92 Å². The second-order valence-electron chi connectivity index (χ2n) is 5.39. The zero-order valence-electron chi connectivity index (χ0n) is 11.5. The monoisotopic (exact) mass is 297 g/mol. The third-order valence-corrected chi connectivity index (χ3v) is 3.96. The van der Waals surface area contributed by atoms with Gasteiger partial charge in [0.15, 0.2) is 0 Å². The van der Waals surface area contributed by atoms with Crippen LogP contribution in [0.5, 0.6) is 0 Å². The van der Waals surface area contributed by atoms with E-state index < -0.39 is 0 Å². The molecule has 0 amide bonds. The maximum Gasteiger partial charge on any atom is 0.231 e. The maximum atomic E-state index is 6.00. The number of nitrogens with one attached hydrogen (secondary N) is 1. The lowest BCUT2D eigenvalue weighted by Gasteiger charge is -2.22. The molecule has 1 aromatic rings. The number of hydrogen-bond acceptors (Lipinski definition) is 6. The average molecular weight is 298 g/mol. The van der Waals surface area contributed by atoms with E-state index in [-0.39, 0.29) is 5.28 Å². The quantitative estimate of drug-likeness (QED) is 0.917. The molecular formula is C13H20ClN5O. The largest absolute Gasteiger partial charge is 0.381 e. The molecule has 3 rings (SSSR count). The summed E-state index contributed by atoms with van der Waals surface area (Å²) in [5.41, 5.74) is 0. The second kappa shape index (κ2) is 6.54. The second-order valence-corrected chi connectivity index (χ2v) is 5.72. The first-order valence-corrected chi connectivity index (χ1v) is 7.67. The molecule has 7 heteroatoms. The fraction of sp³-hybridized carbons (Fsp3) is 0.769. The van der Waals surface area contributed by atoms with Crippen LogP contribution < -0.4 is 10.2 Å². The Morgan fingerprint density at radius 2 is 2.05 bits per heavy atom. The van der Waals surface area contributed by atoms with Crippen LogP contribution in [0.2, 0.25) is 5.28 Å². The van der Waals surface area contributed by atoms with Gasteiger partial charge in [-0.1, -0.05) is 0 Å². The van der Waals surface area contributed by atoms with Crippen LogP contribution >= 0.6 is 11.6 Å². The van der Waals surface area contributed by atoms with Gasteiger partial charge in [0.2, 0.25) is 17.2 Å². The van der Waals surface area contributed by atoms with Crippen molar-refractivity contribution in [2.45, 2.75) is 25.7 Å². The maximum absolute atomic E-state index is 6.00. The number of ether oxygens (including phenoxy) is 1. The van der Waals surface area contributed by atoms with Gasteiger partial charge in [0.25, 0.3) is 0 Å². The lowest BCUT2D eigenvalue weighted by atomic mass is 10.0. The molecule has 0 aromatic carbocycles. The van der Waals surface area contributed by atoms with Crippen molar-refractivity contribution in [2.75, 3.05) is 43.1 Å². The van der Waals surface area contributed by atoms with Crippen molar-refractivity contribution in [1.82, 2.24) is 15.0 Å². The molecule has 3 heterocycles. The first-order chi connectivity index (χ1) is 9.81. The minimum absolute atomic E-state index is 0.254. The van der Waals surface area contributed by atoms with Gasteiger partial charge in [-0.3, -0.25) is 0 Å². The van der Waals surface area contributed by atoms with Crippen LogP contribution in [0, 0.1) is 5.92 Å². The Labute approximate surface area is 123 Å². The first-order valence-electron chi connectivity index (χ1n) is 7.29. The molecule has 0 bridgehead atoms. The fourth-order valence-electron chi connectivity index (χ4n) is 2.68. The Balaban J connectivity index is 1.63. The van der Waals surface area contributed by atoms with E-state index in [1.165, 1.54) is 19.3 Å². The summed E-state index contributed by atoms with van der Waals surface area (Å²) < 4.78 is 5.47. The molecule has 1 N–H and O–H groups in total. The van der Waals surface area contributed by atoms with Gasteiger partial charge in [0, 0.05) is 26.2 Å². The summed E-state index contributed by atoms with van der Waals surface area (Å²) in [6, 6.07) is 0. The third-order valence-electron chi connectivity index (χ3n) is 3.79. The van der Waals surface area contributed by atoms with Crippen molar-refractivity contribution in [1.29, 1.82) is 0 Å². The normalized spacial score (nSPS) is 23.1. The molecule has 2 saturated heterocycles. The topological polar surface area (TPSA) is 63.2 Å². The summed E-state index contributed by atoms with van der Waals surface area (Å²) >= 11 is 6.00. The molecule has 0 spiro atoms. The smallest absolute Gasteiger partial charge is 0.231 e. The average Bonchev–Trinajstić information content (AvgIpc) is 3.00. The molecule has 0 aliphatic carbocycles. The van der Waals surface area contributed by atoms with Crippen molar-refractivity contribution < 1.29 is 4.74 Å². The van der Waals surface area contributed by atoms with Crippen LogP contribution in [-0.4, -0.2) is 47.8 Å². The van der Waals surface area contributed by atoms with Crippen LogP contribution in [0.1, 0.15) is 25.7 Å². The van der Waals surface area contributed by atoms with Crippen LogP contribution in [0.3, 0.4) is 0 Å². The van der Waals surface area contributed by atoms with Gasteiger partial charge < -0.3 is 15.0 Å². The number of anilines is 2. The molecule has 20 heavy (non-hydrogen) atoms. The van der Waals surface area contributed by atoms with E-state index in [0.29, 0.717) is 17.8 Å². The van der Waals surface area contributed by atoms with Crippen molar-refractivity contribution in [3.05, 3.63) is 5.28 Å². The summed E-state index contributed by atoms with van der Waals surface area (Å²) in [6.45, 7) is 4.50. The lowest BCUT2D eigenvalue weighted by Crippen LogP contribution is -2.26. The van der Waals surface area contributed by atoms with Crippen LogP contribution in [0.25, 0.3) is 0 Å². The Morgan fingerprint density at radius 3 is 2.80 bits per heavy atom. The van der Waals surface area contributed by atoms with E-state index in [0.717, 1.165) is 39.3 Å². The third kappa shape index (κ3) is 3.49. The lowest BCUT2D eigenvalue weighted by molar-refractivity contribution is 0.0594. The van der Waals surface area contributed by atoms with Gasteiger partial charge >= 0.3 is 0 Å². The van der Waals surface area contributed by atoms with E-state index >= 15 is 0 Å². The highest BCUT2D eigenvalue weighted by Gasteiger charge is 2.18. The van der Waals surface area contributed by atoms with Gasteiger partial charge in [-0.2, -0.15) is 15.0 Å². The minimum atomic E-state index is 0.254. The van der Waals surface area contributed by atoms with Crippen molar-refractivity contribution in [3.63, 3.8) is 0 Å². The highest BCUT2D eigenvalue weighted by molar-refractivity contribution is 6.28. The molecule has 110 valence electrons. The number of aromatic nitrogens is 3. The number of nitrogens with zero attached hydrogens (tertiary/aromatic N) is 4. The molecular weight excluding hydrogens is 278 g/mol. The van der Waals surface area contributed by atoms with Gasteiger partial charge in [-0.15, -0.1) is 0 Å². The molecule has 2 aliphatic rings. The standard InChI is InChI=1S/C13H20ClN5O/c14-11-16-12(15-8-10-4-3-7-20-9-10)18-13(17-11)19-5-1-2-6-19/h10H,1-9H2,(H,15,16,17,18). The SMILES string of the molecule is Clc1nc(NCC2CCCOC2)nc(N2CCCC2)n1. The molecule has 0 radical (unpaired) electrons. The van der Waals surface area contributed by atoms with Gasteiger partial charge in [0.1, 0.15) is 0 Å². The fourth-order valence-corrected chi connectivity index (χ4v) is 2.84. The Bertz CT molecular complexity index is 446. The summed E-state index contributed by atoms with van der Waals surface area (Å²) in [4.78, 5) is 15.0. The van der Waals surface area contributed by atoms with Crippen molar-refractivity contribution in [3.8, 4) is 0 Å². The predicted octanol–water partition coefficient (Wildman–Crippen LogP) is 1.96. The molecule has 2 aliphatic heterocycles. The van der Waals surface area contributed by atoms with Crippen molar-refractivity contribution >= 4 is 23.5 Å². The van der Waals surface area contributed by atoms with E-state index in [9.17, 15) is 0 Å². The number of hydrogen-bond donors (Lipinski definition) is 1. The molecule has 1 aromatic heterocycles. The zero-order valence-corrected chi connectivity index (χ0v) is 12.3. The molecule has 1 unspecified atom stereocenters. The molecule has 6 nitrogen and oxygen atoms in total. The summed E-state index contributed by atoms with van der Waals surface area (Å²) in [5, 5.41) is 3.52. The minimum Gasteiger partial charge on any atom is -0.381 e.